The number of amides is 5. The van der Waals surface area contributed by atoms with Crippen LogP contribution in [0.15, 0.2) is 73.3 Å². The van der Waals surface area contributed by atoms with Crippen molar-refractivity contribution in [1.29, 1.82) is 0 Å². The maximum absolute atomic E-state index is 14.1. The highest BCUT2D eigenvalue weighted by molar-refractivity contribution is 6.00. The lowest BCUT2D eigenvalue weighted by molar-refractivity contribution is -0.135. The summed E-state index contributed by atoms with van der Waals surface area (Å²) in [6.45, 7) is 4.60. The van der Waals surface area contributed by atoms with Gasteiger partial charge in [0.15, 0.2) is 11.5 Å². The number of ether oxygens (including phenoxy) is 3. The smallest absolute Gasteiger partial charge is 0.256 e. The van der Waals surface area contributed by atoms with E-state index in [-0.39, 0.29) is 36.9 Å². The second-order valence-electron chi connectivity index (χ2n) is 13.7. The predicted octanol–water partition coefficient (Wildman–Crippen LogP) is 2.37. The number of carbonyl (C=O) groups is 5. The van der Waals surface area contributed by atoms with Crippen molar-refractivity contribution in [2.45, 2.75) is 58.3 Å². The standard InChI is InChI=1S/C40H48N8O9/c1-24(2)35-38(52)42-20-28-30(55-4)13-10-14-31(28)57-33-19-26(15-16-32(33)56-5)37(51)41-17-8-9-18-47(21-34(50)45-36(25(3)49)39(53)46-35)40(54)27-11-6-7-12-29(27)48-22-43-44-23-48/h6-7,10-16,19,22-25,35-36,49H,8-9,17-18,20-21H2,1-5H3,(H,41,51)(H,42,52)(H,45,50)(H,46,53)/t25-,35-,36+/m1/s1. The fraction of sp³-hybridized carbons (Fsp3) is 0.375. The molecule has 4 aromatic rings. The average molecular weight is 785 g/mol. The van der Waals surface area contributed by atoms with E-state index < -0.39 is 54.3 Å². The molecule has 0 saturated heterocycles. The van der Waals surface area contributed by atoms with E-state index >= 15 is 0 Å². The zero-order valence-corrected chi connectivity index (χ0v) is 32.5. The summed E-state index contributed by atoms with van der Waals surface area (Å²) in [5, 5.41) is 29.3. The first-order valence-corrected chi connectivity index (χ1v) is 18.5. The number of rotatable bonds is 6. The molecular weight excluding hydrogens is 736 g/mol. The molecule has 1 aliphatic rings. The quantitative estimate of drug-likeness (QED) is 0.191. The summed E-state index contributed by atoms with van der Waals surface area (Å²) in [5.41, 5.74) is 1.51. The van der Waals surface area contributed by atoms with Gasteiger partial charge in [-0.1, -0.05) is 32.0 Å². The van der Waals surface area contributed by atoms with Gasteiger partial charge in [-0.25, -0.2) is 0 Å². The number of aliphatic hydroxyl groups is 1. The van der Waals surface area contributed by atoms with E-state index in [9.17, 15) is 29.1 Å². The number of para-hydroxylation sites is 1. The van der Waals surface area contributed by atoms with Gasteiger partial charge in [-0.3, -0.25) is 28.5 Å². The molecule has 57 heavy (non-hydrogen) atoms. The van der Waals surface area contributed by atoms with E-state index in [0.29, 0.717) is 46.9 Å². The lowest BCUT2D eigenvalue weighted by atomic mass is 10.0. The number of nitrogens with zero attached hydrogens (tertiary/aromatic N) is 4. The third-order valence-corrected chi connectivity index (χ3v) is 9.32. The minimum absolute atomic E-state index is 0.0827. The number of fused-ring (bicyclic) bond motifs is 3. The Hall–Kier alpha value is -6.49. The minimum Gasteiger partial charge on any atom is -0.496 e. The topological polar surface area (TPSA) is 215 Å². The Morgan fingerprint density at radius 2 is 1.58 bits per heavy atom. The van der Waals surface area contributed by atoms with E-state index in [2.05, 4.69) is 31.5 Å². The molecule has 5 rings (SSSR count). The Morgan fingerprint density at radius 3 is 2.28 bits per heavy atom. The summed E-state index contributed by atoms with van der Waals surface area (Å²) in [7, 11) is 2.95. The van der Waals surface area contributed by atoms with Gasteiger partial charge in [-0.05, 0) is 68.1 Å². The number of nitrogens with one attached hydrogen (secondary N) is 4. The number of aromatic nitrogens is 3. The third kappa shape index (κ3) is 10.4. The zero-order valence-electron chi connectivity index (χ0n) is 32.5. The molecule has 0 saturated carbocycles. The Bertz CT molecular complexity index is 2050. The second-order valence-corrected chi connectivity index (χ2v) is 13.7. The Kier molecular flexibility index (Phi) is 14.2. The molecule has 17 nitrogen and oxygen atoms in total. The first-order chi connectivity index (χ1) is 27.4. The van der Waals surface area contributed by atoms with Crippen molar-refractivity contribution in [2.24, 2.45) is 5.92 Å². The molecule has 2 bridgehead atoms. The van der Waals surface area contributed by atoms with Crippen LogP contribution >= 0.6 is 0 Å². The highest BCUT2D eigenvalue weighted by atomic mass is 16.5. The number of hydrogen-bond donors (Lipinski definition) is 5. The summed E-state index contributed by atoms with van der Waals surface area (Å²) in [5.74, 6) is -2.05. The Labute approximate surface area is 330 Å². The molecule has 0 unspecified atom stereocenters. The minimum atomic E-state index is -1.47. The molecule has 1 aliphatic heterocycles. The second kappa shape index (κ2) is 19.4. The van der Waals surface area contributed by atoms with Crippen molar-refractivity contribution in [1.82, 2.24) is 40.9 Å². The molecule has 0 spiro atoms. The molecule has 3 aromatic carbocycles. The van der Waals surface area contributed by atoms with Crippen molar-refractivity contribution in [3.05, 3.63) is 90.0 Å². The molecule has 3 atom stereocenters. The van der Waals surface area contributed by atoms with E-state index in [4.69, 9.17) is 14.2 Å². The number of methoxy groups -OCH3 is 2. The maximum atomic E-state index is 14.1. The summed E-state index contributed by atoms with van der Waals surface area (Å²) in [6.07, 6.45) is 2.34. The van der Waals surface area contributed by atoms with Crippen molar-refractivity contribution < 1.29 is 43.3 Å². The third-order valence-electron chi connectivity index (χ3n) is 9.32. The molecule has 0 aliphatic carbocycles. The van der Waals surface area contributed by atoms with E-state index in [1.54, 1.807) is 79.1 Å². The number of carbonyl (C=O) groups excluding carboxylic acids is 5. The van der Waals surface area contributed by atoms with Gasteiger partial charge in [0.25, 0.3) is 11.8 Å². The monoisotopic (exact) mass is 784 g/mol. The van der Waals surface area contributed by atoms with Crippen LogP contribution in [0.3, 0.4) is 0 Å². The van der Waals surface area contributed by atoms with E-state index in [0.717, 1.165) is 0 Å². The zero-order chi connectivity index (χ0) is 41.1. The van der Waals surface area contributed by atoms with Crippen molar-refractivity contribution in [3.63, 3.8) is 0 Å². The lowest BCUT2D eigenvalue weighted by Gasteiger charge is -2.28. The largest absolute Gasteiger partial charge is 0.496 e. The number of benzene rings is 3. The fourth-order valence-corrected chi connectivity index (χ4v) is 6.24. The van der Waals surface area contributed by atoms with E-state index in [1.165, 1.54) is 38.7 Å². The number of aliphatic hydroxyl groups excluding tert-OH is 1. The van der Waals surface area contributed by atoms with E-state index in [1.807, 2.05) is 0 Å². The summed E-state index contributed by atoms with van der Waals surface area (Å²) in [6, 6.07) is 14.1. The molecule has 5 N–H and O–H groups in total. The Morgan fingerprint density at radius 1 is 0.842 bits per heavy atom. The van der Waals surface area contributed by atoms with Crippen LogP contribution in [0.1, 0.15) is 59.9 Å². The summed E-state index contributed by atoms with van der Waals surface area (Å²) < 4.78 is 19.0. The van der Waals surface area contributed by atoms with Crippen molar-refractivity contribution >= 4 is 29.5 Å². The summed E-state index contributed by atoms with van der Waals surface area (Å²) >= 11 is 0. The highest BCUT2D eigenvalue weighted by Crippen LogP contribution is 2.37. The van der Waals surface area contributed by atoms with Gasteiger partial charge >= 0.3 is 0 Å². The predicted molar refractivity (Wildman–Crippen MR) is 207 cm³/mol. The van der Waals surface area contributed by atoms with Gasteiger partial charge in [0.05, 0.1) is 50.2 Å². The average Bonchev–Trinajstić information content (AvgIpc) is 3.75. The normalized spacial score (nSPS) is 18.2. The summed E-state index contributed by atoms with van der Waals surface area (Å²) in [4.78, 5) is 69.8. The fourth-order valence-electron chi connectivity index (χ4n) is 6.24. The van der Waals surface area contributed by atoms with Gasteiger partial charge in [0.2, 0.25) is 17.7 Å². The lowest BCUT2D eigenvalue weighted by Crippen LogP contribution is -2.59. The van der Waals surface area contributed by atoms with Crippen LogP contribution in [-0.4, -0.2) is 106 Å². The molecule has 2 heterocycles. The van der Waals surface area contributed by atoms with Crippen molar-refractivity contribution in [3.8, 4) is 28.7 Å². The molecule has 0 radical (unpaired) electrons. The van der Waals surface area contributed by atoms with Gasteiger partial charge in [0, 0.05) is 18.7 Å². The SMILES string of the molecule is COc1ccc2cc1Oc1cccc(OC)c1CNC(=O)[C@@H](C(C)C)NC(=O)[C@H]([C@@H](C)O)NC(=O)CN(C(=O)c1ccccc1-n1cnnc1)CCCCNC2=O. The highest BCUT2D eigenvalue weighted by Gasteiger charge is 2.32. The molecule has 17 heteroatoms. The molecule has 5 amide bonds. The molecular formula is C40H48N8O9. The molecule has 1 aromatic heterocycles. The van der Waals surface area contributed by atoms with Crippen LogP contribution < -0.4 is 35.5 Å². The Balaban J connectivity index is 1.48. The van der Waals surface area contributed by atoms with Crippen LogP contribution in [0.25, 0.3) is 5.69 Å². The van der Waals surface area contributed by atoms with Crippen LogP contribution in [0, 0.1) is 5.92 Å². The van der Waals surface area contributed by atoms with Gasteiger partial charge in [-0.15, -0.1) is 10.2 Å². The van der Waals surface area contributed by atoms with Gasteiger partial charge < -0.3 is 45.5 Å². The molecule has 302 valence electrons. The van der Waals surface area contributed by atoms with Crippen molar-refractivity contribution in [2.75, 3.05) is 33.9 Å². The van der Waals surface area contributed by atoms with Gasteiger partial charge in [0.1, 0.15) is 36.2 Å². The van der Waals surface area contributed by atoms with Crippen LogP contribution in [0.2, 0.25) is 0 Å². The van der Waals surface area contributed by atoms with Crippen LogP contribution in [0.5, 0.6) is 23.0 Å². The molecule has 0 fully saturated rings. The number of hydrogen-bond acceptors (Lipinski definition) is 11. The van der Waals surface area contributed by atoms with Crippen LogP contribution in [-0.2, 0) is 20.9 Å². The maximum Gasteiger partial charge on any atom is 0.256 e. The first kappa shape index (κ1) is 41.7. The first-order valence-electron chi connectivity index (χ1n) is 18.5. The van der Waals surface area contributed by atoms with Gasteiger partial charge in [-0.2, -0.15) is 0 Å². The van der Waals surface area contributed by atoms with Crippen LogP contribution in [0.4, 0.5) is 0 Å².